The molecule has 1 heterocycles. The normalized spacial score (nSPS) is 10.7. The van der Waals surface area contributed by atoms with Gasteiger partial charge in [-0.15, -0.1) is 22.0 Å². The second-order valence-corrected chi connectivity index (χ2v) is 7.06. The maximum Gasteiger partial charge on any atom is 0.243 e. The van der Waals surface area contributed by atoms with Crippen LogP contribution in [-0.4, -0.2) is 38.4 Å². The van der Waals surface area contributed by atoms with Crippen LogP contribution in [0.3, 0.4) is 0 Å². The molecule has 3 rings (SSSR count). The second-order valence-electron chi connectivity index (χ2n) is 5.49. The van der Waals surface area contributed by atoms with E-state index in [0.29, 0.717) is 23.0 Å². The molecule has 0 aliphatic rings. The molecule has 0 bridgehead atoms. The largest absolute Gasteiger partial charge is 0.354 e. The summed E-state index contributed by atoms with van der Waals surface area (Å²) in [5.74, 6) is 1.21. The lowest BCUT2D eigenvalue weighted by Crippen LogP contribution is -2.29. The number of hydrogen-bond donors (Lipinski definition) is 1. The summed E-state index contributed by atoms with van der Waals surface area (Å²) < 4.78 is 0. The zero-order chi connectivity index (χ0) is 18.2. The van der Waals surface area contributed by atoms with Crippen molar-refractivity contribution in [3.05, 3.63) is 59.6 Å². The summed E-state index contributed by atoms with van der Waals surface area (Å²) in [7, 11) is 0. The van der Waals surface area contributed by atoms with Gasteiger partial charge in [-0.3, -0.25) is 4.79 Å². The van der Waals surface area contributed by atoms with Crippen LogP contribution in [-0.2, 0) is 11.3 Å². The van der Waals surface area contributed by atoms with E-state index in [-0.39, 0.29) is 12.5 Å². The monoisotopic (exact) mass is 387 g/mol. The molecule has 1 N–H and O–H groups in total. The molecule has 0 saturated carbocycles. The van der Waals surface area contributed by atoms with Gasteiger partial charge in [0.15, 0.2) is 0 Å². The van der Waals surface area contributed by atoms with Gasteiger partial charge in [0.2, 0.25) is 11.7 Å². The summed E-state index contributed by atoms with van der Waals surface area (Å²) >= 11 is 7.89. The highest BCUT2D eigenvalue weighted by Gasteiger charge is 2.11. The van der Waals surface area contributed by atoms with Gasteiger partial charge >= 0.3 is 0 Å². The molecule has 1 aromatic heterocycles. The van der Waals surface area contributed by atoms with Crippen molar-refractivity contribution in [2.24, 2.45) is 0 Å². The number of aromatic nitrogens is 4. The van der Waals surface area contributed by atoms with Gasteiger partial charge in [0.05, 0.1) is 5.02 Å². The van der Waals surface area contributed by atoms with Gasteiger partial charge in [-0.25, -0.2) is 0 Å². The number of amides is 1. The molecule has 6 nitrogen and oxygen atoms in total. The third-order valence-corrected chi connectivity index (χ3v) is 4.94. The Morgan fingerprint density at radius 3 is 2.69 bits per heavy atom. The van der Waals surface area contributed by atoms with Crippen LogP contribution in [0.1, 0.15) is 6.42 Å². The number of nitrogens with zero attached hydrogens (tertiary/aromatic N) is 4. The number of carbonyl (C=O) groups excluding carboxylic acids is 1. The minimum atomic E-state index is -0.141. The Morgan fingerprint density at radius 2 is 1.88 bits per heavy atom. The molecular formula is C18H18ClN5OS. The number of nitrogens with one attached hydrogen (secondary N) is 1. The van der Waals surface area contributed by atoms with Gasteiger partial charge < -0.3 is 5.32 Å². The summed E-state index contributed by atoms with van der Waals surface area (Å²) in [5.41, 5.74) is 0.693. The molecule has 3 aromatic rings. The van der Waals surface area contributed by atoms with E-state index in [1.807, 2.05) is 36.4 Å². The Labute approximate surface area is 160 Å². The molecule has 0 atom stereocenters. The topological polar surface area (TPSA) is 72.7 Å². The van der Waals surface area contributed by atoms with Crippen molar-refractivity contribution in [1.82, 2.24) is 25.5 Å². The number of hydrogen-bond acceptors (Lipinski definition) is 5. The minimum Gasteiger partial charge on any atom is -0.354 e. The van der Waals surface area contributed by atoms with E-state index >= 15 is 0 Å². The SMILES string of the molecule is O=C(Cn1nnc(-c2ccccc2Cl)n1)NCCCSc1ccccc1. The molecule has 2 aromatic carbocycles. The number of tetrazole rings is 1. The molecule has 0 unspecified atom stereocenters. The average molecular weight is 388 g/mol. The Hall–Kier alpha value is -2.38. The number of benzene rings is 2. The van der Waals surface area contributed by atoms with Crippen molar-refractivity contribution in [2.45, 2.75) is 17.9 Å². The van der Waals surface area contributed by atoms with E-state index in [1.54, 1.807) is 17.8 Å². The molecule has 134 valence electrons. The molecule has 26 heavy (non-hydrogen) atoms. The van der Waals surface area contributed by atoms with E-state index in [1.165, 1.54) is 9.69 Å². The first-order valence-corrected chi connectivity index (χ1v) is 9.56. The quantitative estimate of drug-likeness (QED) is 0.474. The molecule has 0 radical (unpaired) electrons. The Balaban J connectivity index is 1.41. The Morgan fingerprint density at radius 1 is 1.12 bits per heavy atom. The fourth-order valence-corrected chi connectivity index (χ4v) is 3.35. The number of thioether (sulfide) groups is 1. The second kappa shape index (κ2) is 9.35. The van der Waals surface area contributed by atoms with Crippen LogP contribution < -0.4 is 5.32 Å². The summed E-state index contributed by atoms with van der Waals surface area (Å²) in [6.45, 7) is 0.647. The Bertz CT molecular complexity index is 856. The molecule has 0 aliphatic carbocycles. The molecule has 1 amide bonds. The highest BCUT2D eigenvalue weighted by atomic mass is 35.5. The maximum absolute atomic E-state index is 12.0. The van der Waals surface area contributed by atoms with Crippen molar-refractivity contribution in [1.29, 1.82) is 0 Å². The van der Waals surface area contributed by atoms with E-state index in [0.717, 1.165) is 12.2 Å². The van der Waals surface area contributed by atoms with E-state index in [4.69, 9.17) is 11.6 Å². The number of carbonyl (C=O) groups is 1. The van der Waals surface area contributed by atoms with Crippen LogP contribution in [0.5, 0.6) is 0 Å². The minimum absolute atomic E-state index is 0.0310. The van der Waals surface area contributed by atoms with Crippen molar-refractivity contribution in [2.75, 3.05) is 12.3 Å². The molecule has 0 fully saturated rings. The first-order valence-electron chi connectivity index (χ1n) is 8.19. The van der Waals surface area contributed by atoms with E-state index in [9.17, 15) is 4.79 Å². The average Bonchev–Trinajstić information content (AvgIpc) is 3.11. The summed E-state index contributed by atoms with van der Waals surface area (Å²) in [5, 5.41) is 15.5. The Kier molecular flexibility index (Phi) is 6.62. The van der Waals surface area contributed by atoms with Crippen LogP contribution in [0.4, 0.5) is 0 Å². The third-order valence-electron chi connectivity index (χ3n) is 3.51. The van der Waals surface area contributed by atoms with Crippen LogP contribution >= 0.6 is 23.4 Å². The van der Waals surface area contributed by atoms with E-state index in [2.05, 4.69) is 32.9 Å². The molecule has 0 aliphatic heterocycles. The van der Waals surface area contributed by atoms with Crippen molar-refractivity contribution < 1.29 is 4.79 Å². The molecule has 0 saturated heterocycles. The van der Waals surface area contributed by atoms with Crippen molar-refractivity contribution >= 4 is 29.3 Å². The van der Waals surface area contributed by atoms with Gasteiger partial charge in [-0.2, -0.15) is 4.80 Å². The smallest absolute Gasteiger partial charge is 0.243 e. The summed E-state index contributed by atoms with van der Waals surface area (Å²) in [6, 6.07) is 17.5. The van der Waals surface area contributed by atoms with Crippen LogP contribution in [0.25, 0.3) is 11.4 Å². The fourth-order valence-electron chi connectivity index (χ4n) is 2.25. The third kappa shape index (κ3) is 5.31. The summed E-state index contributed by atoms with van der Waals surface area (Å²) in [6.07, 6.45) is 0.890. The highest BCUT2D eigenvalue weighted by Crippen LogP contribution is 2.23. The first-order chi connectivity index (χ1) is 12.7. The zero-order valence-corrected chi connectivity index (χ0v) is 15.6. The van der Waals surface area contributed by atoms with Crippen LogP contribution in [0.2, 0.25) is 5.02 Å². The number of rotatable bonds is 8. The van der Waals surface area contributed by atoms with E-state index < -0.39 is 0 Å². The number of halogens is 1. The van der Waals surface area contributed by atoms with Gasteiger partial charge in [-0.05, 0) is 41.7 Å². The van der Waals surface area contributed by atoms with Gasteiger partial charge in [0.1, 0.15) is 6.54 Å². The first kappa shape index (κ1) is 18.4. The standard InChI is InChI=1S/C18H18ClN5OS/c19-16-10-5-4-9-15(16)18-21-23-24(22-18)13-17(25)20-11-6-12-26-14-7-2-1-3-8-14/h1-5,7-10H,6,11-13H2,(H,20,25). The van der Waals surface area contributed by atoms with Crippen LogP contribution in [0.15, 0.2) is 59.5 Å². The lowest BCUT2D eigenvalue weighted by atomic mass is 10.2. The van der Waals surface area contributed by atoms with Crippen LogP contribution in [0, 0.1) is 0 Å². The van der Waals surface area contributed by atoms with Gasteiger partial charge in [0.25, 0.3) is 0 Å². The fraction of sp³-hybridized carbons (Fsp3) is 0.222. The molecule has 8 heteroatoms. The summed E-state index contributed by atoms with van der Waals surface area (Å²) in [4.78, 5) is 14.5. The highest BCUT2D eigenvalue weighted by molar-refractivity contribution is 7.99. The predicted octanol–water partition coefficient (Wildman–Crippen LogP) is 3.29. The zero-order valence-electron chi connectivity index (χ0n) is 14.0. The van der Waals surface area contributed by atoms with Gasteiger partial charge in [-0.1, -0.05) is 41.9 Å². The lowest BCUT2D eigenvalue weighted by Gasteiger charge is -2.04. The van der Waals surface area contributed by atoms with Crippen molar-refractivity contribution in [3.8, 4) is 11.4 Å². The lowest BCUT2D eigenvalue weighted by molar-refractivity contribution is -0.122. The predicted molar refractivity (Wildman–Crippen MR) is 103 cm³/mol. The maximum atomic E-state index is 12.0. The van der Waals surface area contributed by atoms with Crippen molar-refractivity contribution in [3.63, 3.8) is 0 Å². The van der Waals surface area contributed by atoms with Gasteiger partial charge in [0, 0.05) is 17.0 Å². The molecular weight excluding hydrogens is 370 g/mol. The molecule has 0 spiro atoms.